The van der Waals surface area contributed by atoms with Gasteiger partial charge in [0, 0.05) is 85.5 Å². The highest BCUT2D eigenvalue weighted by atomic mass is 35.5. The number of aliphatic hydroxyl groups excluding tert-OH is 1. The molecule has 4 amide bonds. The molecule has 8 aromatic rings. The zero-order valence-corrected chi connectivity index (χ0v) is 86.9. The van der Waals surface area contributed by atoms with Crippen LogP contribution in [0.25, 0.3) is 55.7 Å². The van der Waals surface area contributed by atoms with Gasteiger partial charge in [-0.1, -0.05) is 108 Å². The lowest BCUT2D eigenvalue weighted by Crippen LogP contribution is -2.43. The SMILES string of the molecule is C.CC(C)(C)[Si](C)(C)OCCN1CCN(c2ccc(-c3cn(-c4ccccc4)c4ncnc(Cl)c34)cc2)C1=O.O=C1N(CCO)CCN1c1ccc(-c2cn(-c3ccccc3)c3nc[nH]c(=O)c23)cc1.PPP(P)P(P(P)P)C(P(P(P)P)P(P)P)(P(P(P)P)P(P)P)P(P(P)P)P(P)P. The Morgan fingerprint density at radius 1 is 0.550 bits per heavy atom. The fourth-order valence-corrected chi connectivity index (χ4v) is 271. The fourth-order valence-electron chi connectivity index (χ4n) is 10.8. The summed E-state index contributed by atoms with van der Waals surface area (Å²) in [5, 5.41) is 11.0. The molecule has 0 bridgehead atoms. The number of aromatic amines is 1. The van der Waals surface area contributed by atoms with Gasteiger partial charge in [-0.2, -0.15) is 0 Å². The van der Waals surface area contributed by atoms with Gasteiger partial charge in [-0.05, 0) is 163 Å². The smallest absolute Gasteiger partial charge is 0.324 e. The maximum absolute atomic E-state index is 13.2. The Balaban J connectivity index is 0.000000212. The van der Waals surface area contributed by atoms with Crippen molar-refractivity contribution in [2.75, 3.05) is 62.3 Å². The number of halogens is 1. The number of carbonyl (C=O) groups is 2. The molecule has 2 aliphatic rings. The number of para-hydroxylation sites is 2. The van der Waals surface area contributed by atoms with Crippen LogP contribution < -0.4 is 15.4 Å². The predicted octanol–water partition coefficient (Wildman–Crippen LogP) is 26.2. The Labute approximate surface area is 649 Å². The zero-order chi connectivity index (χ0) is 72.6. The number of rotatable bonds is 25. The topological polar surface area (TPSA) is 158 Å². The minimum absolute atomic E-state index is 0. The number of aliphatic hydroxyl groups is 1. The Morgan fingerprint density at radius 2 is 0.950 bits per heavy atom. The number of urea groups is 2. The summed E-state index contributed by atoms with van der Waals surface area (Å²) < 4.78 is 10.7. The quantitative estimate of drug-likeness (QED) is 0.0325. The van der Waals surface area contributed by atoms with Crippen LogP contribution in [-0.4, -0.2) is 121 Å². The van der Waals surface area contributed by atoms with Gasteiger partial charge in [0.05, 0.1) is 34.7 Å². The highest BCUT2D eigenvalue weighted by Crippen LogP contribution is 3.30. The summed E-state index contributed by atoms with van der Waals surface area (Å²) >= 11 is 6.55. The van der Waals surface area contributed by atoms with Crippen LogP contribution in [-0.2, 0) is 4.43 Å². The number of nitrogens with zero attached hydrogens (tertiary/aromatic N) is 9. The lowest BCUT2D eigenvalue weighted by molar-refractivity contribution is 0.199. The number of benzene rings is 4. The molecule has 2 N–H and O–H groups in total. The van der Waals surface area contributed by atoms with Crippen LogP contribution in [0.5, 0.6) is 0 Å². The second-order valence-electron chi connectivity index (χ2n) is 23.5. The average molecular weight is 1920 g/mol. The number of hydrogen-bond acceptors (Lipinski definition) is 8. The molecule has 0 spiro atoms. The minimum Gasteiger partial charge on any atom is -0.415 e. The van der Waals surface area contributed by atoms with Crippen molar-refractivity contribution in [1.82, 2.24) is 38.9 Å². The highest BCUT2D eigenvalue weighted by molar-refractivity contribution is 9.14. The Hall–Kier alpha value is 5.36. The maximum atomic E-state index is 13.2. The summed E-state index contributed by atoms with van der Waals surface area (Å²) in [5.41, 5.74) is 8.27. The Kier molecular flexibility index (Phi) is 39.6. The van der Waals surface area contributed by atoms with E-state index in [0.717, 1.165) is 64.0 Å². The first-order valence-electron chi connectivity index (χ1n) is 29.9. The fraction of sp³-hybridized carbons (Fsp3) is 0.296. The van der Waals surface area contributed by atoms with Gasteiger partial charge in [-0.25, -0.2) is 24.5 Å². The third-order valence-corrected chi connectivity index (χ3v) is 149. The molecule has 0 saturated carbocycles. The number of carbonyl (C=O) groups excluding carboxylic acids is 2. The van der Waals surface area contributed by atoms with E-state index in [1.54, 1.807) is 9.80 Å². The number of β-amino-alcohol motifs (C(OH)–C–C–N with tert-alkyl or cyclic N) is 1. The van der Waals surface area contributed by atoms with Crippen molar-refractivity contribution in [1.29, 1.82) is 0 Å². The van der Waals surface area contributed by atoms with E-state index in [2.05, 4.69) is 197 Å². The number of amides is 4. The van der Waals surface area contributed by atoms with Crippen LogP contribution >= 0.6 is 248 Å². The summed E-state index contributed by atoms with van der Waals surface area (Å²) in [6.45, 7) is 14.0. The normalized spacial score (nSPS) is 14.9. The molecule has 15 nitrogen and oxygen atoms in total. The molecule has 2 aliphatic heterocycles. The molecule has 46 heteroatoms. The lowest BCUT2D eigenvalue weighted by Gasteiger charge is -2.62. The Bertz CT molecular complexity index is 3970. The molecular weight excluding hydrogens is 1830 g/mol. The van der Waals surface area contributed by atoms with Gasteiger partial charge in [0.2, 0.25) is 0 Å². The molecule has 4 aromatic heterocycles. The van der Waals surface area contributed by atoms with Crippen LogP contribution in [0.2, 0.25) is 23.3 Å². The van der Waals surface area contributed by atoms with E-state index in [1.807, 2.05) is 141 Å². The third-order valence-electron chi connectivity index (χ3n) is 16.3. The first kappa shape index (κ1) is 92.5. The second kappa shape index (κ2) is 42.8. The molecule has 4 aromatic carbocycles. The minimum atomic E-state index is -1.83. The zero-order valence-electron chi connectivity index (χ0n) is 54.9. The lowest BCUT2D eigenvalue weighted by atomic mass is 10.1. The standard InChI is InChI=1S/C29H34ClN5O2Si.C23H21N5O3.CH33P29.CH4/c1-29(2,3)38(4,5)37-18-17-33-15-16-34(28(33)36)23-13-11-21(12-14-23)24-19-35(22-9-7-6-8-10-22)27-25(24)26(30)31-20-32-27;29-13-12-26-10-11-27(23(26)31)18-8-6-16(7-9-18)19-14-28(17-4-2-1-3-5-17)21-20(19)22(30)25-15-24-21;2-18-30(17)22(29(15)16)1(19(23(3)4)24(5)6,20(25(7)8)26(9)10)21(27(11)12)28(13)14;/h6-14,19-20H,15-18H2,1-5H3;1-9,14-15,29H,10-13H2,(H,24,25,30);18H,2-17H2;1H4. The summed E-state index contributed by atoms with van der Waals surface area (Å²) in [4.78, 5) is 61.2. The molecule has 2 fully saturated rings. The molecule has 0 radical (unpaired) electrons. The van der Waals surface area contributed by atoms with Gasteiger partial charge in [0.25, 0.3) is 5.56 Å². The molecule has 0 aliphatic carbocycles. The van der Waals surface area contributed by atoms with Crippen LogP contribution in [0.4, 0.5) is 21.0 Å². The van der Waals surface area contributed by atoms with Gasteiger partial charge in [0.15, 0.2) is 14.0 Å². The van der Waals surface area contributed by atoms with E-state index >= 15 is 0 Å². The summed E-state index contributed by atoms with van der Waals surface area (Å²) in [6.07, 6.45) is 6.86. The van der Waals surface area contributed by atoms with Crippen molar-refractivity contribution in [2.24, 2.45) is 0 Å². The predicted molar refractivity (Wildman–Crippen MR) is 531 cm³/mol. The summed E-state index contributed by atoms with van der Waals surface area (Å²) in [5.74, 6) is 0. The van der Waals surface area contributed by atoms with Gasteiger partial charge in [0.1, 0.15) is 17.1 Å². The van der Waals surface area contributed by atoms with Crippen LogP contribution in [0.1, 0.15) is 28.2 Å². The number of aromatic nitrogens is 6. The van der Waals surface area contributed by atoms with Gasteiger partial charge < -0.3 is 33.5 Å². The van der Waals surface area contributed by atoms with Crippen molar-refractivity contribution in [3.63, 3.8) is 0 Å². The summed E-state index contributed by atoms with van der Waals surface area (Å²) in [6, 6.07) is 35.3. The van der Waals surface area contributed by atoms with Crippen molar-refractivity contribution in [2.45, 2.75) is 50.7 Å². The molecular formula is C54H92ClN10O5P29Si. The van der Waals surface area contributed by atoms with Crippen molar-refractivity contribution in [3.05, 3.63) is 150 Å². The second-order valence-corrected chi connectivity index (χ2v) is 131. The van der Waals surface area contributed by atoms with Crippen LogP contribution in [0.3, 0.4) is 0 Å². The van der Waals surface area contributed by atoms with E-state index in [4.69, 9.17) is 21.1 Å². The molecule has 544 valence electrons. The Morgan fingerprint density at radius 3 is 1.34 bits per heavy atom. The number of nitrogens with one attached hydrogen (secondary N) is 1. The van der Waals surface area contributed by atoms with E-state index < -0.39 is 8.32 Å². The molecule has 19 unspecified atom stereocenters. The highest BCUT2D eigenvalue weighted by Gasteiger charge is 2.63. The van der Waals surface area contributed by atoms with Crippen LogP contribution in [0, 0.1) is 0 Å². The first-order chi connectivity index (χ1) is 46.8. The van der Waals surface area contributed by atoms with Crippen molar-refractivity contribution < 1.29 is 19.1 Å². The number of anilines is 2. The van der Waals surface area contributed by atoms with Gasteiger partial charge >= 0.3 is 12.1 Å². The number of fused-ring (bicyclic) bond motifs is 2. The number of H-pyrrole nitrogens is 1. The molecule has 6 heterocycles. The van der Waals surface area contributed by atoms with Crippen molar-refractivity contribution in [3.8, 4) is 33.6 Å². The molecule has 19 atom stereocenters. The molecule has 10 rings (SSSR count). The van der Waals surface area contributed by atoms with Crippen molar-refractivity contribution >= 4 is 301 Å². The van der Waals surface area contributed by atoms with E-state index in [-0.39, 0.29) is 122 Å². The van der Waals surface area contributed by atoms with Crippen LogP contribution in [0.15, 0.2) is 139 Å². The summed E-state index contributed by atoms with van der Waals surface area (Å²) in [7, 11) is 51.6. The van der Waals surface area contributed by atoms with E-state index in [1.165, 1.54) is 12.7 Å². The number of hydrogen-bond donors (Lipinski definition) is 2. The average Bonchev–Trinajstić information content (AvgIpc) is 1.10. The molecule has 100 heavy (non-hydrogen) atoms. The largest absolute Gasteiger partial charge is 0.415 e. The first-order valence-corrected chi connectivity index (χ1v) is 82.9. The van der Waals surface area contributed by atoms with E-state index in [9.17, 15) is 14.4 Å². The third kappa shape index (κ3) is 22.3. The van der Waals surface area contributed by atoms with Gasteiger partial charge in [-0.15, -0.1) is 143 Å². The molecule has 2 saturated heterocycles. The van der Waals surface area contributed by atoms with E-state index in [0.29, 0.717) is 66.4 Å². The monoisotopic (exact) mass is 1920 g/mol. The maximum Gasteiger partial charge on any atom is 0.324 e. The van der Waals surface area contributed by atoms with Gasteiger partial charge in [-0.3, -0.25) is 14.6 Å².